The average molecular weight is 447 g/mol. The van der Waals surface area contributed by atoms with Crippen molar-refractivity contribution in [1.82, 2.24) is 0 Å². The minimum atomic E-state index is -0.403. The minimum Gasteiger partial charge on any atom is -0.307 e. The number of carbonyl (C=O) groups is 2. The van der Waals surface area contributed by atoms with Crippen molar-refractivity contribution < 1.29 is 9.59 Å². The molecule has 5 aromatic rings. The van der Waals surface area contributed by atoms with E-state index in [1.165, 1.54) is 0 Å². The fourth-order valence-electron chi connectivity index (χ4n) is 3.92. The Morgan fingerprint density at radius 3 is 1.18 bits per heavy atom. The SMILES string of the molecule is O=C(Nc1ccccc1NC(=O)Nc1cccc2ccccc12)Nc1cccc2ccccc12. The summed E-state index contributed by atoms with van der Waals surface area (Å²) in [4.78, 5) is 25.5. The van der Waals surface area contributed by atoms with E-state index in [1.807, 2.05) is 84.9 Å². The Kier molecular flexibility index (Phi) is 5.78. The second-order valence-corrected chi connectivity index (χ2v) is 7.76. The Balaban J connectivity index is 1.30. The molecule has 6 heteroatoms. The number of hydrogen-bond acceptors (Lipinski definition) is 2. The van der Waals surface area contributed by atoms with Gasteiger partial charge in [0.05, 0.1) is 22.7 Å². The second-order valence-electron chi connectivity index (χ2n) is 7.76. The molecule has 0 saturated carbocycles. The summed E-state index contributed by atoms with van der Waals surface area (Å²) in [5.41, 5.74) is 2.37. The first kappa shape index (κ1) is 21.0. The molecule has 4 amide bonds. The van der Waals surface area contributed by atoms with Gasteiger partial charge in [-0.2, -0.15) is 0 Å². The Morgan fingerprint density at radius 1 is 0.382 bits per heavy atom. The van der Waals surface area contributed by atoms with Crippen LogP contribution in [0.1, 0.15) is 0 Å². The van der Waals surface area contributed by atoms with E-state index in [9.17, 15) is 9.59 Å². The van der Waals surface area contributed by atoms with Gasteiger partial charge in [0.25, 0.3) is 0 Å². The first-order valence-corrected chi connectivity index (χ1v) is 10.9. The molecule has 0 aromatic heterocycles. The second kappa shape index (κ2) is 9.34. The van der Waals surface area contributed by atoms with E-state index in [4.69, 9.17) is 0 Å². The molecule has 34 heavy (non-hydrogen) atoms. The molecular formula is C28H22N4O2. The standard InChI is InChI=1S/C28H22N4O2/c33-27(29-23-17-7-11-19-9-1-3-13-21(19)23)31-25-15-5-6-16-26(25)32-28(34)30-24-18-8-12-20-10-2-4-14-22(20)24/h1-18H,(H2,29,31,33)(H2,30,32,34). The lowest BCUT2D eigenvalue weighted by atomic mass is 10.1. The quantitative estimate of drug-likeness (QED) is 0.234. The van der Waals surface area contributed by atoms with E-state index in [1.54, 1.807) is 24.3 Å². The predicted molar refractivity (Wildman–Crippen MR) is 140 cm³/mol. The van der Waals surface area contributed by atoms with E-state index in [0.717, 1.165) is 21.5 Å². The zero-order valence-electron chi connectivity index (χ0n) is 18.2. The van der Waals surface area contributed by atoms with Gasteiger partial charge < -0.3 is 21.3 Å². The van der Waals surface area contributed by atoms with Crippen LogP contribution in [0.4, 0.5) is 32.3 Å². The van der Waals surface area contributed by atoms with Crippen molar-refractivity contribution in [1.29, 1.82) is 0 Å². The molecule has 0 fully saturated rings. The number of benzene rings is 5. The summed E-state index contributed by atoms with van der Waals surface area (Å²) >= 11 is 0. The Morgan fingerprint density at radius 2 is 0.706 bits per heavy atom. The molecule has 0 radical (unpaired) electrons. The highest BCUT2D eigenvalue weighted by Gasteiger charge is 2.11. The van der Waals surface area contributed by atoms with Crippen LogP contribution in [0.2, 0.25) is 0 Å². The Hall–Kier alpha value is -4.84. The van der Waals surface area contributed by atoms with Crippen LogP contribution < -0.4 is 21.3 Å². The number of rotatable bonds is 4. The summed E-state index contributed by atoms with van der Waals surface area (Å²) in [7, 11) is 0. The van der Waals surface area contributed by atoms with E-state index in [2.05, 4.69) is 21.3 Å². The number of nitrogens with one attached hydrogen (secondary N) is 4. The van der Waals surface area contributed by atoms with Crippen LogP contribution in [0.5, 0.6) is 0 Å². The van der Waals surface area contributed by atoms with Crippen LogP contribution in [0.3, 0.4) is 0 Å². The number of para-hydroxylation sites is 2. The van der Waals surface area contributed by atoms with E-state index in [-0.39, 0.29) is 0 Å². The molecule has 0 atom stereocenters. The van der Waals surface area contributed by atoms with Gasteiger partial charge in [-0.05, 0) is 35.0 Å². The van der Waals surface area contributed by atoms with Gasteiger partial charge in [-0.15, -0.1) is 0 Å². The fourth-order valence-corrected chi connectivity index (χ4v) is 3.92. The molecule has 6 nitrogen and oxygen atoms in total. The number of hydrogen-bond donors (Lipinski definition) is 4. The van der Waals surface area contributed by atoms with E-state index < -0.39 is 12.1 Å². The van der Waals surface area contributed by atoms with Gasteiger partial charge in [-0.25, -0.2) is 9.59 Å². The molecular weight excluding hydrogens is 424 g/mol. The van der Waals surface area contributed by atoms with Crippen LogP contribution in [-0.4, -0.2) is 12.1 Å². The fraction of sp³-hybridized carbons (Fsp3) is 0. The maximum atomic E-state index is 12.8. The molecule has 0 heterocycles. The lowest BCUT2D eigenvalue weighted by molar-refractivity contribution is 0.261. The zero-order chi connectivity index (χ0) is 23.3. The van der Waals surface area contributed by atoms with Crippen LogP contribution in [0.25, 0.3) is 21.5 Å². The normalized spacial score (nSPS) is 10.6. The molecule has 0 aliphatic heterocycles. The summed E-state index contributed by atoms with van der Waals surface area (Å²) in [6.45, 7) is 0. The third kappa shape index (κ3) is 4.52. The highest BCUT2D eigenvalue weighted by Crippen LogP contribution is 2.26. The molecule has 0 aliphatic carbocycles. The maximum absolute atomic E-state index is 12.8. The van der Waals surface area contributed by atoms with Crippen LogP contribution in [-0.2, 0) is 0 Å². The Bertz CT molecular complexity index is 1390. The summed E-state index contributed by atoms with van der Waals surface area (Å²) in [6.07, 6.45) is 0. The number of anilines is 4. The molecule has 0 aliphatic rings. The van der Waals surface area contributed by atoms with Gasteiger partial charge in [0.15, 0.2) is 0 Å². The third-order valence-electron chi connectivity index (χ3n) is 5.50. The summed E-state index contributed by atoms with van der Waals surface area (Å²) < 4.78 is 0. The van der Waals surface area contributed by atoms with Gasteiger partial charge in [-0.1, -0.05) is 84.9 Å². The van der Waals surface area contributed by atoms with Gasteiger partial charge in [0.2, 0.25) is 0 Å². The first-order valence-electron chi connectivity index (χ1n) is 10.9. The average Bonchev–Trinajstić information content (AvgIpc) is 2.86. The molecule has 0 spiro atoms. The molecule has 166 valence electrons. The topological polar surface area (TPSA) is 82.3 Å². The predicted octanol–water partition coefficient (Wildman–Crippen LogP) is 7.28. The largest absolute Gasteiger partial charge is 0.323 e. The van der Waals surface area contributed by atoms with Crippen molar-refractivity contribution >= 4 is 56.4 Å². The molecule has 0 unspecified atom stereocenters. The van der Waals surface area contributed by atoms with Crippen molar-refractivity contribution in [2.75, 3.05) is 21.3 Å². The highest BCUT2D eigenvalue weighted by molar-refractivity contribution is 6.10. The van der Waals surface area contributed by atoms with E-state index in [0.29, 0.717) is 22.7 Å². The summed E-state index contributed by atoms with van der Waals surface area (Å²) in [5.74, 6) is 0. The first-order chi connectivity index (χ1) is 16.7. The van der Waals surface area contributed by atoms with Crippen molar-refractivity contribution in [3.8, 4) is 0 Å². The van der Waals surface area contributed by atoms with Gasteiger partial charge in [0, 0.05) is 10.8 Å². The van der Waals surface area contributed by atoms with Gasteiger partial charge >= 0.3 is 12.1 Å². The van der Waals surface area contributed by atoms with Crippen molar-refractivity contribution in [3.63, 3.8) is 0 Å². The molecule has 5 aromatic carbocycles. The van der Waals surface area contributed by atoms with Crippen LogP contribution >= 0.6 is 0 Å². The van der Waals surface area contributed by atoms with Crippen molar-refractivity contribution in [2.45, 2.75) is 0 Å². The smallest absolute Gasteiger partial charge is 0.307 e. The van der Waals surface area contributed by atoms with Crippen LogP contribution in [0, 0.1) is 0 Å². The monoisotopic (exact) mass is 446 g/mol. The maximum Gasteiger partial charge on any atom is 0.323 e. The Labute approximate surface area is 196 Å². The molecule has 0 bridgehead atoms. The third-order valence-corrected chi connectivity index (χ3v) is 5.50. The number of fused-ring (bicyclic) bond motifs is 2. The zero-order valence-corrected chi connectivity index (χ0v) is 18.2. The number of carbonyl (C=O) groups excluding carboxylic acids is 2. The highest BCUT2D eigenvalue weighted by atomic mass is 16.2. The molecule has 4 N–H and O–H groups in total. The lowest BCUT2D eigenvalue weighted by Crippen LogP contribution is -2.23. The van der Waals surface area contributed by atoms with Gasteiger partial charge in [0.1, 0.15) is 0 Å². The van der Waals surface area contributed by atoms with Crippen LogP contribution in [0.15, 0.2) is 109 Å². The summed E-state index contributed by atoms with van der Waals surface area (Å²) in [5, 5.41) is 15.4. The van der Waals surface area contributed by atoms with Crippen molar-refractivity contribution in [3.05, 3.63) is 109 Å². The minimum absolute atomic E-state index is 0.403. The van der Waals surface area contributed by atoms with Gasteiger partial charge in [-0.3, -0.25) is 0 Å². The molecule has 5 rings (SSSR count). The van der Waals surface area contributed by atoms with E-state index >= 15 is 0 Å². The summed E-state index contributed by atoms with van der Waals surface area (Å²) in [6, 6.07) is 33.4. The van der Waals surface area contributed by atoms with Crippen molar-refractivity contribution in [2.24, 2.45) is 0 Å². The molecule has 0 saturated heterocycles. The number of amides is 4. The lowest BCUT2D eigenvalue weighted by Gasteiger charge is -2.15. The number of urea groups is 2.